The van der Waals surface area contributed by atoms with Crippen molar-refractivity contribution in [3.05, 3.63) is 77.1 Å². The maximum absolute atomic E-state index is 5.98. The van der Waals surface area contributed by atoms with Crippen molar-refractivity contribution >= 4 is 23.1 Å². The quantitative estimate of drug-likeness (QED) is 0.216. The highest BCUT2D eigenvalue weighted by Crippen LogP contribution is 2.37. The molecule has 0 spiro atoms. The lowest BCUT2D eigenvalue weighted by Crippen LogP contribution is -2.07. The van der Waals surface area contributed by atoms with Gasteiger partial charge in [-0.05, 0) is 55.3 Å². The predicted molar refractivity (Wildman–Crippen MR) is 134 cm³/mol. The molecule has 0 fully saturated rings. The second kappa shape index (κ2) is 9.90. The molecule has 0 saturated heterocycles. The van der Waals surface area contributed by atoms with Crippen molar-refractivity contribution in [3.63, 3.8) is 0 Å². The molecule has 174 valence electrons. The van der Waals surface area contributed by atoms with E-state index in [1.54, 1.807) is 23.1 Å². The molecule has 0 saturated carbocycles. The smallest absolute Gasteiger partial charge is 0.231 e. The molecule has 0 unspecified atom stereocenters. The number of fused-ring (bicyclic) bond motifs is 1. The first kappa shape index (κ1) is 22.5. The molecule has 2 aromatic heterocycles. The molecule has 2 aromatic carbocycles. The first-order valence-electron chi connectivity index (χ1n) is 10.8. The molecule has 5 rings (SSSR count). The molecule has 0 N–H and O–H groups in total. The van der Waals surface area contributed by atoms with Gasteiger partial charge in [-0.2, -0.15) is 0 Å². The van der Waals surface area contributed by atoms with Gasteiger partial charge in [0, 0.05) is 23.2 Å². The van der Waals surface area contributed by atoms with Crippen LogP contribution in [0.4, 0.5) is 0 Å². The number of thiazole rings is 1. The van der Waals surface area contributed by atoms with Crippen molar-refractivity contribution in [2.24, 2.45) is 0 Å². The molecule has 3 heterocycles. The Bertz CT molecular complexity index is 1330. The standard InChI is InChI=1S/C25H24N4O3S2/c1-4-9-29-23(12-30-20-7-5-16(2)17(3)10-20)27-28-25(29)34-14-19-13-33-24(26-19)18-6-8-21-22(11-18)32-15-31-21/h4-8,10-11,13H,1,9,12,14-15H2,2-3H3. The molecule has 0 atom stereocenters. The highest BCUT2D eigenvalue weighted by molar-refractivity contribution is 7.98. The lowest BCUT2D eigenvalue weighted by Gasteiger charge is -2.10. The minimum atomic E-state index is 0.266. The molecule has 34 heavy (non-hydrogen) atoms. The number of hydrogen-bond donors (Lipinski definition) is 0. The molecule has 4 aromatic rings. The van der Waals surface area contributed by atoms with E-state index < -0.39 is 0 Å². The van der Waals surface area contributed by atoms with Gasteiger partial charge in [-0.25, -0.2) is 4.98 Å². The maximum atomic E-state index is 5.98. The molecular weight excluding hydrogens is 468 g/mol. The third-order valence-electron chi connectivity index (χ3n) is 5.47. The highest BCUT2D eigenvalue weighted by Gasteiger charge is 2.17. The molecule has 0 aliphatic carbocycles. The number of aryl methyl sites for hydroxylation is 2. The van der Waals surface area contributed by atoms with E-state index in [-0.39, 0.29) is 6.79 Å². The van der Waals surface area contributed by atoms with Gasteiger partial charge in [-0.15, -0.1) is 28.1 Å². The van der Waals surface area contributed by atoms with Crippen molar-refractivity contribution in [3.8, 4) is 27.8 Å². The topological polar surface area (TPSA) is 71.3 Å². The molecule has 9 heteroatoms. The monoisotopic (exact) mass is 492 g/mol. The summed E-state index contributed by atoms with van der Waals surface area (Å²) in [6.45, 7) is 9.26. The summed E-state index contributed by atoms with van der Waals surface area (Å²) in [7, 11) is 0. The van der Waals surface area contributed by atoms with E-state index in [4.69, 9.17) is 19.2 Å². The molecule has 1 aliphatic heterocycles. The van der Waals surface area contributed by atoms with Gasteiger partial charge in [-0.1, -0.05) is 23.9 Å². The number of aromatic nitrogens is 4. The van der Waals surface area contributed by atoms with Crippen LogP contribution >= 0.6 is 23.1 Å². The van der Waals surface area contributed by atoms with Gasteiger partial charge in [0.1, 0.15) is 17.4 Å². The zero-order chi connectivity index (χ0) is 23.5. The lowest BCUT2D eigenvalue weighted by atomic mass is 10.1. The maximum Gasteiger partial charge on any atom is 0.231 e. The van der Waals surface area contributed by atoms with Gasteiger partial charge in [0.25, 0.3) is 0 Å². The Labute approximate surface area is 206 Å². The van der Waals surface area contributed by atoms with Crippen LogP contribution in [0.3, 0.4) is 0 Å². The van der Waals surface area contributed by atoms with Crippen LogP contribution in [0.1, 0.15) is 22.6 Å². The number of thioether (sulfide) groups is 1. The van der Waals surface area contributed by atoms with E-state index in [2.05, 4.69) is 42.1 Å². The first-order chi connectivity index (χ1) is 16.6. The minimum absolute atomic E-state index is 0.266. The average molecular weight is 493 g/mol. The average Bonchev–Trinajstić information content (AvgIpc) is 3.58. The Morgan fingerprint density at radius 1 is 1.12 bits per heavy atom. The van der Waals surface area contributed by atoms with Gasteiger partial charge >= 0.3 is 0 Å². The SMILES string of the molecule is C=CCn1c(COc2ccc(C)c(C)c2)nnc1SCc1csc(-c2ccc3c(c2)OCO3)n1. The Morgan fingerprint density at radius 2 is 2.00 bits per heavy atom. The summed E-state index contributed by atoms with van der Waals surface area (Å²) in [5.74, 6) is 3.81. The molecule has 0 amide bonds. The number of ether oxygens (including phenoxy) is 3. The van der Waals surface area contributed by atoms with E-state index in [1.807, 2.05) is 41.0 Å². The summed E-state index contributed by atoms with van der Waals surface area (Å²) in [6.07, 6.45) is 1.84. The summed E-state index contributed by atoms with van der Waals surface area (Å²) in [5.41, 5.74) is 4.45. The Balaban J connectivity index is 1.25. The van der Waals surface area contributed by atoms with Crippen LogP contribution in [0.5, 0.6) is 17.2 Å². The Kier molecular flexibility index (Phi) is 6.55. The van der Waals surface area contributed by atoms with Crippen molar-refractivity contribution in [1.29, 1.82) is 0 Å². The van der Waals surface area contributed by atoms with Crippen LogP contribution in [-0.2, 0) is 18.9 Å². The zero-order valence-electron chi connectivity index (χ0n) is 19.0. The molecule has 7 nitrogen and oxygen atoms in total. The highest BCUT2D eigenvalue weighted by atomic mass is 32.2. The Hall–Kier alpha value is -3.30. The second-order valence-corrected chi connectivity index (χ2v) is 9.63. The van der Waals surface area contributed by atoms with E-state index in [0.717, 1.165) is 44.5 Å². The van der Waals surface area contributed by atoms with Crippen LogP contribution in [0.2, 0.25) is 0 Å². The van der Waals surface area contributed by atoms with E-state index in [0.29, 0.717) is 18.9 Å². The van der Waals surface area contributed by atoms with Crippen LogP contribution in [0, 0.1) is 13.8 Å². The number of hydrogen-bond acceptors (Lipinski definition) is 8. The Morgan fingerprint density at radius 3 is 2.85 bits per heavy atom. The summed E-state index contributed by atoms with van der Waals surface area (Å²) in [6, 6.07) is 12.0. The second-order valence-electron chi connectivity index (χ2n) is 7.83. The summed E-state index contributed by atoms with van der Waals surface area (Å²) in [5, 5.41) is 12.6. The van der Waals surface area contributed by atoms with Crippen LogP contribution in [-0.4, -0.2) is 26.5 Å². The molecular formula is C25H24N4O3S2. The van der Waals surface area contributed by atoms with Gasteiger partial charge in [0.05, 0.1) is 5.69 Å². The largest absolute Gasteiger partial charge is 0.486 e. The number of benzene rings is 2. The van der Waals surface area contributed by atoms with Crippen molar-refractivity contribution in [1.82, 2.24) is 19.7 Å². The van der Waals surface area contributed by atoms with Crippen LogP contribution in [0.15, 0.2) is 59.6 Å². The van der Waals surface area contributed by atoms with Crippen LogP contribution < -0.4 is 14.2 Å². The van der Waals surface area contributed by atoms with Crippen molar-refractivity contribution in [2.45, 2.75) is 37.9 Å². The lowest BCUT2D eigenvalue weighted by molar-refractivity contribution is 0.174. The molecule has 0 radical (unpaired) electrons. The predicted octanol–water partition coefficient (Wildman–Crippen LogP) is 5.80. The third-order valence-corrected chi connectivity index (χ3v) is 7.41. The van der Waals surface area contributed by atoms with Crippen molar-refractivity contribution in [2.75, 3.05) is 6.79 Å². The molecule has 1 aliphatic rings. The van der Waals surface area contributed by atoms with Gasteiger partial charge < -0.3 is 14.2 Å². The van der Waals surface area contributed by atoms with E-state index in [1.165, 1.54) is 11.1 Å². The summed E-state index contributed by atoms with van der Waals surface area (Å²) < 4.78 is 18.9. The third kappa shape index (κ3) is 4.80. The number of rotatable bonds is 9. The summed E-state index contributed by atoms with van der Waals surface area (Å²) >= 11 is 3.21. The minimum Gasteiger partial charge on any atom is -0.486 e. The van der Waals surface area contributed by atoms with Gasteiger partial charge in [0.2, 0.25) is 6.79 Å². The van der Waals surface area contributed by atoms with E-state index in [9.17, 15) is 0 Å². The summed E-state index contributed by atoms with van der Waals surface area (Å²) in [4.78, 5) is 4.79. The molecule has 0 bridgehead atoms. The number of allylic oxidation sites excluding steroid dienone is 1. The first-order valence-corrected chi connectivity index (χ1v) is 12.7. The van der Waals surface area contributed by atoms with Gasteiger partial charge in [0.15, 0.2) is 22.5 Å². The normalized spacial score (nSPS) is 12.2. The fourth-order valence-corrected chi connectivity index (χ4v) is 5.25. The van der Waals surface area contributed by atoms with E-state index >= 15 is 0 Å². The van der Waals surface area contributed by atoms with Crippen LogP contribution in [0.25, 0.3) is 10.6 Å². The van der Waals surface area contributed by atoms with Gasteiger partial charge in [-0.3, -0.25) is 4.57 Å². The zero-order valence-corrected chi connectivity index (χ0v) is 20.6. The number of nitrogens with zero attached hydrogens (tertiary/aromatic N) is 4. The fourth-order valence-electron chi connectivity index (χ4n) is 3.47. The van der Waals surface area contributed by atoms with Crippen molar-refractivity contribution < 1.29 is 14.2 Å². The fraction of sp³-hybridized carbons (Fsp3) is 0.240.